The Labute approximate surface area is 157 Å². The maximum absolute atomic E-state index is 12.3. The molecule has 1 aliphatic rings. The van der Waals surface area contributed by atoms with Gasteiger partial charge in [0.1, 0.15) is 5.69 Å². The molecule has 1 atom stereocenters. The lowest BCUT2D eigenvalue weighted by molar-refractivity contribution is -0.384. The van der Waals surface area contributed by atoms with Crippen molar-refractivity contribution in [3.05, 3.63) is 69.8 Å². The molecule has 0 aromatic heterocycles. The van der Waals surface area contributed by atoms with Crippen molar-refractivity contribution in [2.45, 2.75) is 24.9 Å². The average molecular weight is 377 g/mol. The molecule has 8 heteroatoms. The van der Waals surface area contributed by atoms with Crippen LogP contribution in [0.3, 0.4) is 0 Å². The summed E-state index contributed by atoms with van der Waals surface area (Å²) in [6, 6.07) is 13.9. The summed E-state index contributed by atoms with van der Waals surface area (Å²) in [5.74, 6) is -0.382. The van der Waals surface area contributed by atoms with E-state index in [1.54, 1.807) is 12.1 Å². The number of nitrogens with one attached hydrogen (secondary N) is 2. The number of benzene rings is 2. The van der Waals surface area contributed by atoms with E-state index < -0.39 is 4.92 Å². The van der Waals surface area contributed by atoms with Crippen LogP contribution < -0.4 is 16.4 Å². The Morgan fingerprint density at radius 2 is 1.92 bits per heavy atom. The summed E-state index contributed by atoms with van der Waals surface area (Å²) in [5.41, 5.74) is 7.57. The van der Waals surface area contributed by atoms with Crippen molar-refractivity contribution in [3.8, 4) is 0 Å². The Morgan fingerprint density at radius 3 is 2.54 bits per heavy atom. The third-order valence-corrected chi connectivity index (χ3v) is 4.10. The fourth-order valence-corrected chi connectivity index (χ4v) is 2.52. The number of hydrogen-bond donors (Lipinski definition) is 3. The first kappa shape index (κ1) is 19.7. The second kappa shape index (κ2) is 8.64. The van der Waals surface area contributed by atoms with Gasteiger partial charge in [0.2, 0.25) is 0 Å². The average Bonchev–Trinajstić information content (AvgIpc) is 3.44. The summed E-state index contributed by atoms with van der Waals surface area (Å²) in [5, 5.41) is 17.1. The highest BCUT2D eigenvalue weighted by atomic mass is 35.5. The van der Waals surface area contributed by atoms with Gasteiger partial charge in [-0.1, -0.05) is 30.3 Å². The highest BCUT2D eigenvalue weighted by molar-refractivity contribution is 5.95. The topological polar surface area (TPSA) is 110 Å². The summed E-state index contributed by atoms with van der Waals surface area (Å²) in [7, 11) is 0. The summed E-state index contributed by atoms with van der Waals surface area (Å²) in [4.78, 5) is 23.1. The monoisotopic (exact) mass is 376 g/mol. The molecule has 0 heterocycles. The van der Waals surface area contributed by atoms with E-state index in [1.807, 2.05) is 30.3 Å². The van der Waals surface area contributed by atoms with Crippen LogP contribution in [0.2, 0.25) is 0 Å². The van der Waals surface area contributed by atoms with Gasteiger partial charge in [0.05, 0.1) is 4.92 Å². The Bertz CT molecular complexity index is 781. The smallest absolute Gasteiger partial charge is 0.293 e. The van der Waals surface area contributed by atoms with Crippen LogP contribution in [-0.2, 0) is 0 Å². The zero-order chi connectivity index (χ0) is 17.8. The van der Waals surface area contributed by atoms with Crippen molar-refractivity contribution >= 4 is 29.7 Å². The van der Waals surface area contributed by atoms with Gasteiger partial charge in [0, 0.05) is 30.3 Å². The van der Waals surface area contributed by atoms with Crippen molar-refractivity contribution in [1.82, 2.24) is 5.32 Å². The first-order valence-electron chi connectivity index (χ1n) is 8.18. The van der Waals surface area contributed by atoms with Crippen molar-refractivity contribution in [2.75, 3.05) is 11.9 Å². The van der Waals surface area contributed by atoms with Crippen molar-refractivity contribution in [1.29, 1.82) is 0 Å². The van der Waals surface area contributed by atoms with Gasteiger partial charge in [-0.15, -0.1) is 12.4 Å². The SMILES string of the molecule is Cl.NC(CNC(=O)c1ccc(NC2CC2)c([N+](=O)[O-])c1)c1ccccc1. The second-order valence-corrected chi connectivity index (χ2v) is 6.13. The number of nitro groups is 1. The first-order valence-corrected chi connectivity index (χ1v) is 8.18. The van der Waals surface area contributed by atoms with Crippen LogP contribution >= 0.6 is 12.4 Å². The number of halogens is 1. The Hall–Kier alpha value is -2.64. The molecule has 2 aromatic rings. The third-order valence-electron chi connectivity index (χ3n) is 4.10. The quantitative estimate of drug-likeness (QED) is 0.508. The fourth-order valence-electron chi connectivity index (χ4n) is 2.52. The minimum absolute atomic E-state index is 0. The second-order valence-electron chi connectivity index (χ2n) is 6.13. The maximum atomic E-state index is 12.3. The molecule has 0 saturated heterocycles. The van der Waals surface area contributed by atoms with E-state index in [0.717, 1.165) is 18.4 Å². The van der Waals surface area contributed by atoms with E-state index in [9.17, 15) is 14.9 Å². The number of nitrogens with zero attached hydrogens (tertiary/aromatic N) is 1. The molecule has 1 unspecified atom stereocenters. The molecular weight excluding hydrogens is 356 g/mol. The Kier molecular flexibility index (Phi) is 6.54. The lowest BCUT2D eigenvalue weighted by Crippen LogP contribution is -2.31. The summed E-state index contributed by atoms with van der Waals surface area (Å²) < 4.78 is 0. The van der Waals surface area contributed by atoms with Crippen LogP contribution in [0, 0.1) is 10.1 Å². The van der Waals surface area contributed by atoms with Gasteiger partial charge in [0.25, 0.3) is 11.6 Å². The van der Waals surface area contributed by atoms with Crippen molar-refractivity contribution in [2.24, 2.45) is 5.73 Å². The predicted molar refractivity (Wildman–Crippen MR) is 103 cm³/mol. The Morgan fingerprint density at radius 1 is 1.23 bits per heavy atom. The third kappa shape index (κ3) is 4.93. The molecule has 1 fully saturated rings. The highest BCUT2D eigenvalue weighted by Crippen LogP contribution is 2.31. The number of nitrogens with two attached hydrogens (primary N) is 1. The number of carbonyl (C=O) groups excluding carboxylic acids is 1. The summed E-state index contributed by atoms with van der Waals surface area (Å²) in [6.45, 7) is 0.249. The van der Waals surface area contributed by atoms with E-state index in [2.05, 4.69) is 10.6 Å². The predicted octanol–water partition coefficient (Wildman–Crippen LogP) is 3.02. The lowest BCUT2D eigenvalue weighted by atomic mass is 10.1. The Balaban J connectivity index is 0.00000243. The van der Waals surface area contributed by atoms with Gasteiger partial charge in [-0.05, 0) is 30.5 Å². The van der Waals surface area contributed by atoms with E-state index in [4.69, 9.17) is 5.73 Å². The van der Waals surface area contributed by atoms with Crippen molar-refractivity contribution in [3.63, 3.8) is 0 Å². The van der Waals surface area contributed by atoms with Gasteiger partial charge in [-0.2, -0.15) is 0 Å². The fraction of sp³-hybridized carbons (Fsp3) is 0.278. The molecule has 0 spiro atoms. The molecule has 3 rings (SSSR count). The van der Waals surface area contributed by atoms with Crippen LogP contribution in [0.15, 0.2) is 48.5 Å². The standard InChI is InChI=1S/C18H20N4O3.ClH/c19-15(12-4-2-1-3-5-12)11-20-18(23)13-6-9-16(21-14-7-8-14)17(10-13)22(24)25;/h1-6,9-10,14-15,21H,7-8,11,19H2,(H,20,23);1H. The first-order chi connectivity index (χ1) is 12.0. The molecule has 1 amide bonds. The molecule has 1 saturated carbocycles. The van der Waals surface area contributed by atoms with Gasteiger partial charge in [-0.3, -0.25) is 14.9 Å². The van der Waals surface area contributed by atoms with Crippen molar-refractivity contribution < 1.29 is 9.72 Å². The minimum atomic E-state index is -0.475. The lowest BCUT2D eigenvalue weighted by Gasteiger charge is -2.13. The molecule has 0 bridgehead atoms. The minimum Gasteiger partial charge on any atom is -0.377 e. The number of amides is 1. The normalized spacial score (nSPS) is 14.0. The summed E-state index contributed by atoms with van der Waals surface area (Å²) >= 11 is 0. The van der Waals surface area contributed by atoms with Crippen LogP contribution in [-0.4, -0.2) is 23.4 Å². The number of carbonyl (C=O) groups is 1. The number of nitro benzene ring substituents is 1. The molecule has 7 nitrogen and oxygen atoms in total. The van der Waals surface area contributed by atoms with Gasteiger partial charge in [0.15, 0.2) is 0 Å². The van der Waals surface area contributed by atoms with Crippen LogP contribution in [0.4, 0.5) is 11.4 Å². The number of hydrogen-bond acceptors (Lipinski definition) is 5. The maximum Gasteiger partial charge on any atom is 0.293 e. The molecule has 1 aliphatic carbocycles. The van der Waals surface area contributed by atoms with E-state index in [1.165, 1.54) is 6.07 Å². The van der Waals surface area contributed by atoms with Crippen LogP contribution in [0.5, 0.6) is 0 Å². The summed E-state index contributed by atoms with van der Waals surface area (Å²) in [6.07, 6.45) is 2.02. The molecule has 4 N–H and O–H groups in total. The van der Waals surface area contributed by atoms with E-state index >= 15 is 0 Å². The van der Waals surface area contributed by atoms with Crippen LogP contribution in [0.25, 0.3) is 0 Å². The number of anilines is 1. The molecule has 0 aliphatic heterocycles. The largest absolute Gasteiger partial charge is 0.377 e. The molecule has 26 heavy (non-hydrogen) atoms. The van der Waals surface area contributed by atoms with Gasteiger partial charge in [-0.25, -0.2) is 0 Å². The van der Waals surface area contributed by atoms with Crippen LogP contribution in [0.1, 0.15) is 34.8 Å². The zero-order valence-corrected chi connectivity index (χ0v) is 14.9. The highest BCUT2D eigenvalue weighted by Gasteiger charge is 2.25. The zero-order valence-electron chi connectivity index (χ0n) is 14.1. The van der Waals surface area contributed by atoms with E-state index in [-0.39, 0.29) is 42.2 Å². The van der Waals surface area contributed by atoms with E-state index in [0.29, 0.717) is 11.7 Å². The van der Waals surface area contributed by atoms with Gasteiger partial charge < -0.3 is 16.4 Å². The molecule has 2 aromatic carbocycles. The molecule has 138 valence electrons. The van der Waals surface area contributed by atoms with Gasteiger partial charge >= 0.3 is 0 Å². The molecule has 0 radical (unpaired) electrons. The molecular formula is C18H21ClN4O3. The number of rotatable bonds is 7.